The van der Waals surface area contributed by atoms with Crippen LogP contribution in [0, 0.1) is 6.92 Å². The van der Waals surface area contributed by atoms with Crippen molar-refractivity contribution in [1.29, 1.82) is 0 Å². The highest BCUT2D eigenvalue weighted by Crippen LogP contribution is 2.22. The number of hydrogen-bond donors (Lipinski definition) is 0. The molecule has 0 saturated carbocycles. The first kappa shape index (κ1) is 15.5. The van der Waals surface area contributed by atoms with Gasteiger partial charge in [-0.2, -0.15) is 0 Å². The van der Waals surface area contributed by atoms with Crippen molar-refractivity contribution in [1.82, 2.24) is 14.8 Å². The molecule has 5 nitrogen and oxygen atoms in total. The maximum absolute atomic E-state index is 5.56. The van der Waals surface area contributed by atoms with Crippen molar-refractivity contribution in [3.63, 3.8) is 0 Å². The predicted octanol–water partition coefficient (Wildman–Crippen LogP) is 3.79. The number of ether oxygens (including phenoxy) is 2. The number of methoxy groups -OCH3 is 1. The lowest BCUT2D eigenvalue weighted by molar-refractivity contribution is 0.0474. The van der Waals surface area contributed by atoms with Crippen LogP contribution in [0.4, 0.5) is 0 Å². The Kier molecular flexibility index (Phi) is 4.85. The Labute approximate surface area is 138 Å². The molecule has 0 atom stereocenters. The minimum Gasteiger partial charge on any atom is -0.449 e. The summed E-state index contributed by atoms with van der Waals surface area (Å²) in [5.74, 6) is 0.527. The normalized spacial score (nSPS) is 11.2. The second-order valence-corrected chi connectivity index (χ2v) is 5.91. The fraction of sp³-hybridized carbons (Fsp3) is 0.176. The molecule has 118 valence electrons. The lowest BCUT2D eigenvalue weighted by atomic mass is 10.3. The van der Waals surface area contributed by atoms with Crippen LogP contribution in [0.25, 0.3) is 17.8 Å². The number of aryl methyl sites for hydroxylation is 1. The van der Waals surface area contributed by atoms with Gasteiger partial charge in [0, 0.05) is 18.7 Å². The Morgan fingerprint density at radius 3 is 2.74 bits per heavy atom. The summed E-state index contributed by atoms with van der Waals surface area (Å²) < 4.78 is 12.3. The number of para-hydroxylation sites is 1. The van der Waals surface area contributed by atoms with Gasteiger partial charge in [0.05, 0.1) is 22.0 Å². The molecule has 0 bridgehead atoms. The summed E-state index contributed by atoms with van der Waals surface area (Å²) in [6.45, 7) is 2.14. The van der Waals surface area contributed by atoms with Crippen LogP contribution in [-0.4, -0.2) is 28.7 Å². The summed E-state index contributed by atoms with van der Waals surface area (Å²) in [5.41, 5.74) is 2.77. The summed E-state index contributed by atoms with van der Waals surface area (Å²) in [5, 5.41) is 7.54. The molecule has 0 N–H and O–H groups in total. The maximum atomic E-state index is 5.56. The maximum Gasteiger partial charge on any atom is 0.242 e. The van der Waals surface area contributed by atoms with E-state index >= 15 is 0 Å². The Morgan fingerprint density at radius 1 is 1.22 bits per heavy atom. The molecular weight excluding hydrogens is 310 g/mol. The zero-order chi connectivity index (χ0) is 16.1. The molecule has 3 rings (SSSR count). The molecule has 2 heterocycles. The topological polar surface area (TPSA) is 49.2 Å². The lowest BCUT2D eigenvalue weighted by Crippen LogP contribution is -2.01. The number of rotatable bonds is 6. The molecule has 0 aliphatic heterocycles. The molecule has 0 unspecified atom stereocenters. The molecule has 0 fully saturated rings. The van der Waals surface area contributed by atoms with Gasteiger partial charge in [-0.25, -0.2) is 9.67 Å². The van der Waals surface area contributed by atoms with Crippen LogP contribution >= 0.6 is 11.3 Å². The molecule has 6 heteroatoms. The Bertz CT molecular complexity index is 793. The lowest BCUT2D eigenvalue weighted by Gasteiger charge is -2.01. The van der Waals surface area contributed by atoms with E-state index in [1.165, 1.54) is 0 Å². The molecule has 2 aromatic heterocycles. The molecule has 0 amide bonds. The SMILES string of the molecule is COCOc1nn(-c2ccccc2)cc1C=Cc1csc(C)n1. The Morgan fingerprint density at radius 2 is 2.04 bits per heavy atom. The quantitative estimate of drug-likeness (QED) is 0.646. The minimum atomic E-state index is 0.155. The second-order valence-electron chi connectivity index (χ2n) is 4.85. The van der Waals surface area contributed by atoms with Gasteiger partial charge in [-0.1, -0.05) is 18.2 Å². The van der Waals surface area contributed by atoms with Crippen molar-refractivity contribution in [2.75, 3.05) is 13.9 Å². The van der Waals surface area contributed by atoms with E-state index in [0.717, 1.165) is 22.0 Å². The molecule has 0 saturated heterocycles. The second kappa shape index (κ2) is 7.21. The van der Waals surface area contributed by atoms with Gasteiger partial charge in [0.2, 0.25) is 5.88 Å². The van der Waals surface area contributed by atoms with Gasteiger partial charge < -0.3 is 9.47 Å². The standard InChI is InChI=1S/C17H17N3O2S/c1-13-18-15(11-23-13)9-8-14-10-20(16-6-4-3-5-7-16)19-17(14)22-12-21-2/h3-11H,12H2,1-2H3. The average molecular weight is 327 g/mol. The summed E-state index contributed by atoms with van der Waals surface area (Å²) in [7, 11) is 1.59. The highest BCUT2D eigenvalue weighted by molar-refractivity contribution is 7.09. The highest BCUT2D eigenvalue weighted by Gasteiger charge is 2.09. The van der Waals surface area contributed by atoms with Crippen molar-refractivity contribution in [2.24, 2.45) is 0 Å². The third-order valence-electron chi connectivity index (χ3n) is 3.11. The van der Waals surface area contributed by atoms with Gasteiger partial charge in [-0.15, -0.1) is 16.4 Å². The highest BCUT2D eigenvalue weighted by atomic mass is 32.1. The molecule has 3 aromatic rings. The Balaban J connectivity index is 1.90. The van der Waals surface area contributed by atoms with Crippen LogP contribution in [0.1, 0.15) is 16.3 Å². The fourth-order valence-electron chi connectivity index (χ4n) is 2.06. The van der Waals surface area contributed by atoms with Gasteiger partial charge in [0.15, 0.2) is 6.79 Å². The van der Waals surface area contributed by atoms with Crippen LogP contribution in [0.3, 0.4) is 0 Å². The fourth-order valence-corrected chi connectivity index (χ4v) is 2.64. The number of nitrogens with zero attached hydrogens (tertiary/aromatic N) is 3. The number of aromatic nitrogens is 3. The molecule has 0 radical (unpaired) electrons. The van der Waals surface area contributed by atoms with Crippen LogP contribution in [0.15, 0.2) is 41.9 Å². The van der Waals surface area contributed by atoms with Gasteiger partial charge in [0.25, 0.3) is 0 Å². The van der Waals surface area contributed by atoms with Crippen LogP contribution in [0.5, 0.6) is 5.88 Å². The van der Waals surface area contributed by atoms with E-state index in [-0.39, 0.29) is 6.79 Å². The number of benzene rings is 1. The van der Waals surface area contributed by atoms with Crippen molar-refractivity contribution < 1.29 is 9.47 Å². The van der Waals surface area contributed by atoms with Crippen molar-refractivity contribution in [3.05, 3.63) is 58.2 Å². The largest absolute Gasteiger partial charge is 0.449 e. The summed E-state index contributed by atoms with van der Waals surface area (Å²) in [4.78, 5) is 4.42. The monoisotopic (exact) mass is 327 g/mol. The van der Waals surface area contributed by atoms with Crippen LogP contribution in [0.2, 0.25) is 0 Å². The average Bonchev–Trinajstić information content (AvgIpc) is 3.18. The third-order valence-corrected chi connectivity index (χ3v) is 3.90. The van der Waals surface area contributed by atoms with E-state index in [2.05, 4.69) is 10.1 Å². The van der Waals surface area contributed by atoms with Crippen molar-refractivity contribution >= 4 is 23.5 Å². The molecule has 0 aliphatic carbocycles. The summed E-state index contributed by atoms with van der Waals surface area (Å²) in [6, 6.07) is 9.90. The van der Waals surface area contributed by atoms with Gasteiger partial charge in [-0.05, 0) is 31.2 Å². The zero-order valence-corrected chi connectivity index (χ0v) is 13.8. The van der Waals surface area contributed by atoms with E-state index in [9.17, 15) is 0 Å². The molecule has 1 aromatic carbocycles. The summed E-state index contributed by atoms with van der Waals surface area (Å²) >= 11 is 1.63. The van der Waals surface area contributed by atoms with E-state index < -0.39 is 0 Å². The summed E-state index contributed by atoms with van der Waals surface area (Å²) in [6.07, 6.45) is 5.83. The van der Waals surface area contributed by atoms with Crippen LogP contribution in [-0.2, 0) is 4.74 Å². The van der Waals surface area contributed by atoms with Crippen molar-refractivity contribution in [3.8, 4) is 11.6 Å². The van der Waals surface area contributed by atoms with E-state index in [0.29, 0.717) is 5.88 Å². The first-order valence-electron chi connectivity index (χ1n) is 7.13. The zero-order valence-electron chi connectivity index (χ0n) is 13.0. The molecule has 0 aliphatic rings. The number of hydrogen-bond acceptors (Lipinski definition) is 5. The minimum absolute atomic E-state index is 0.155. The first-order chi connectivity index (χ1) is 11.3. The predicted molar refractivity (Wildman–Crippen MR) is 91.8 cm³/mol. The smallest absolute Gasteiger partial charge is 0.242 e. The molecule has 0 spiro atoms. The molecule has 23 heavy (non-hydrogen) atoms. The van der Waals surface area contributed by atoms with Gasteiger partial charge >= 0.3 is 0 Å². The van der Waals surface area contributed by atoms with E-state index in [1.807, 2.05) is 61.0 Å². The first-order valence-corrected chi connectivity index (χ1v) is 8.01. The third kappa shape index (κ3) is 3.85. The van der Waals surface area contributed by atoms with Crippen molar-refractivity contribution in [2.45, 2.75) is 6.92 Å². The van der Waals surface area contributed by atoms with E-state index in [4.69, 9.17) is 9.47 Å². The molecular formula is C17H17N3O2S. The van der Waals surface area contributed by atoms with Gasteiger partial charge in [0.1, 0.15) is 0 Å². The van der Waals surface area contributed by atoms with E-state index in [1.54, 1.807) is 23.1 Å². The Hall–Kier alpha value is -2.44. The van der Waals surface area contributed by atoms with Crippen LogP contribution < -0.4 is 4.74 Å². The van der Waals surface area contributed by atoms with Gasteiger partial charge in [-0.3, -0.25) is 0 Å². The number of thiazole rings is 1.